The summed E-state index contributed by atoms with van der Waals surface area (Å²) in [5.41, 5.74) is 0.324. The highest BCUT2D eigenvalue weighted by Gasteiger charge is 2.32. The summed E-state index contributed by atoms with van der Waals surface area (Å²) in [6, 6.07) is 0.398. The van der Waals surface area contributed by atoms with Crippen molar-refractivity contribution < 1.29 is 4.79 Å². The molecule has 1 unspecified atom stereocenters. The smallest absolute Gasteiger partial charge is 0.224 e. The minimum Gasteiger partial charge on any atom is -0.342 e. The van der Waals surface area contributed by atoms with E-state index in [-0.39, 0.29) is 12.4 Å². The molecule has 0 aliphatic carbocycles. The first-order valence-electron chi connectivity index (χ1n) is 6.16. The Hall–Kier alpha value is 0.0700. The Morgan fingerprint density at radius 1 is 1.53 bits per heavy atom. The molecule has 0 aromatic carbocycles. The number of likely N-dealkylation sites (tertiary alicyclic amines) is 1. The van der Waals surface area contributed by atoms with Gasteiger partial charge in [0.05, 0.1) is 0 Å². The highest BCUT2D eigenvalue weighted by atomic mass is 35.5. The molecule has 2 aliphatic rings. The predicted octanol–water partition coefficient (Wildman–Crippen LogP) is 1.76. The van der Waals surface area contributed by atoms with Crippen molar-refractivity contribution in [3.63, 3.8) is 0 Å². The van der Waals surface area contributed by atoms with Crippen LogP contribution in [0.5, 0.6) is 0 Å². The molecule has 2 fully saturated rings. The molecule has 2 rings (SSSR count). The first kappa shape index (κ1) is 15.1. The van der Waals surface area contributed by atoms with Crippen LogP contribution < -0.4 is 5.32 Å². The van der Waals surface area contributed by atoms with Gasteiger partial charge in [0.15, 0.2) is 0 Å². The molecule has 5 heteroatoms. The molecule has 0 spiro atoms. The average molecular weight is 279 g/mol. The second-order valence-corrected chi connectivity index (χ2v) is 6.81. The summed E-state index contributed by atoms with van der Waals surface area (Å²) in [5.74, 6) is 2.61. The molecule has 1 atom stereocenters. The number of amides is 1. The number of hydrogen-bond acceptors (Lipinski definition) is 3. The monoisotopic (exact) mass is 278 g/mol. The van der Waals surface area contributed by atoms with Gasteiger partial charge >= 0.3 is 0 Å². The third-order valence-corrected chi connectivity index (χ3v) is 4.58. The lowest BCUT2D eigenvalue weighted by molar-refractivity contribution is -0.130. The van der Waals surface area contributed by atoms with Crippen molar-refractivity contribution in [2.45, 2.75) is 32.7 Å². The number of thioether (sulfide) groups is 1. The molecule has 2 saturated heterocycles. The van der Waals surface area contributed by atoms with Crippen LogP contribution in [0.25, 0.3) is 0 Å². The van der Waals surface area contributed by atoms with Gasteiger partial charge < -0.3 is 10.2 Å². The molecule has 0 aromatic heterocycles. The van der Waals surface area contributed by atoms with Crippen molar-refractivity contribution in [1.82, 2.24) is 10.2 Å². The molecule has 0 aromatic rings. The maximum Gasteiger partial charge on any atom is 0.224 e. The zero-order chi connectivity index (χ0) is 11.6. The number of nitrogens with one attached hydrogen (secondary N) is 1. The summed E-state index contributed by atoms with van der Waals surface area (Å²) in [5, 5.41) is 3.43. The summed E-state index contributed by atoms with van der Waals surface area (Å²) in [4.78, 5) is 14.1. The van der Waals surface area contributed by atoms with Gasteiger partial charge in [-0.3, -0.25) is 4.79 Å². The lowest BCUT2D eigenvalue weighted by Crippen LogP contribution is -2.42. The van der Waals surface area contributed by atoms with Gasteiger partial charge in [-0.2, -0.15) is 11.8 Å². The van der Waals surface area contributed by atoms with E-state index in [2.05, 4.69) is 19.2 Å². The molecule has 2 aliphatic heterocycles. The van der Waals surface area contributed by atoms with Crippen LogP contribution in [0.3, 0.4) is 0 Å². The van der Waals surface area contributed by atoms with Crippen LogP contribution in [0.4, 0.5) is 0 Å². The van der Waals surface area contributed by atoms with Crippen molar-refractivity contribution in [1.29, 1.82) is 0 Å². The zero-order valence-electron chi connectivity index (χ0n) is 10.7. The molecule has 100 valence electrons. The summed E-state index contributed by atoms with van der Waals surface area (Å²) < 4.78 is 0. The van der Waals surface area contributed by atoms with Crippen LogP contribution in [0.1, 0.15) is 26.7 Å². The minimum atomic E-state index is 0. The lowest BCUT2D eigenvalue weighted by atomic mass is 9.93. The highest BCUT2D eigenvalue weighted by molar-refractivity contribution is 7.99. The molecule has 0 radical (unpaired) electrons. The van der Waals surface area contributed by atoms with E-state index >= 15 is 0 Å². The van der Waals surface area contributed by atoms with E-state index < -0.39 is 0 Å². The summed E-state index contributed by atoms with van der Waals surface area (Å²) in [6.45, 7) is 7.43. The van der Waals surface area contributed by atoms with Crippen molar-refractivity contribution in [3.8, 4) is 0 Å². The number of carbonyl (C=O) groups excluding carboxylic acids is 1. The average Bonchev–Trinajstić information content (AvgIpc) is 2.60. The van der Waals surface area contributed by atoms with E-state index in [1.165, 1.54) is 5.75 Å². The van der Waals surface area contributed by atoms with Crippen LogP contribution in [0.15, 0.2) is 0 Å². The fraction of sp³-hybridized carbons (Fsp3) is 0.917. The largest absolute Gasteiger partial charge is 0.342 e. The topological polar surface area (TPSA) is 32.3 Å². The SMILES string of the molecule is CC1(C)CCN(C(=O)CC2CSCCN2)C1.Cl. The summed E-state index contributed by atoms with van der Waals surface area (Å²) in [7, 11) is 0. The van der Waals surface area contributed by atoms with E-state index in [9.17, 15) is 4.79 Å². The Labute approximate surface area is 114 Å². The third kappa shape index (κ3) is 4.34. The van der Waals surface area contributed by atoms with Gasteiger partial charge in [0.25, 0.3) is 0 Å². The number of hydrogen-bond donors (Lipinski definition) is 1. The molecule has 1 amide bonds. The van der Waals surface area contributed by atoms with Crippen molar-refractivity contribution in [2.24, 2.45) is 5.41 Å². The Morgan fingerprint density at radius 3 is 2.82 bits per heavy atom. The van der Waals surface area contributed by atoms with Gasteiger partial charge in [0.2, 0.25) is 5.91 Å². The Bertz CT molecular complexity index is 267. The van der Waals surface area contributed by atoms with E-state index in [4.69, 9.17) is 0 Å². The van der Waals surface area contributed by atoms with Gasteiger partial charge in [0, 0.05) is 43.6 Å². The predicted molar refractivity (Wildman–Crippen MR) is 76.0 cm³/mol. The minimum absolute atomic E-state index is 0. The quantitative estimate of drug-likeness (QED) is 0.835. The second kappa shape index (κ2) is 6.30. The highest BCUT2D eigenvalue weighted by Crippen LogP contribution is 2.29. The molecule has 2 heterocycles. The first-order valence-corrected chi connectivity index (χ1v) is 7.31. The van der Waals surface area contributed by atoms with Crippen molar-refractivity contribution in [2.75, 3.05) is 31.1 Å². The van der Waals surface area contributed by atoms with Crippen LogP contribution in [-0.2, 0) is 4.79 Å². The standard InChI is InChI=1S/C12H22N2OS.ClH/c1-12(2)3-5-14(9-12)11(15)7-10-8-16-6-4-13-10;/h10,13H,3-9H2,1-2H3;1H. The van der Waals surface area contributed by atoms with Crippen molar-refractivity contribution >= 4 is 30.1 Å². The van der Waals surface area contributed by atoms with Crippen molar-refractivity contribution in [3.05, 3.63) is 0 Å². The van der Waals surface area contributed by atoms with Gasteiger partial charge in [0.1, 0.15) is 0 Å². The lowest BCUT2D eigenvalue weighted by Gasteiger charge is -2.26. The van der Waals surface area contributed by atoms with E-state index in [0.717, 1.165) is 31.8 Å². The maximum atomic E-state index is 12.1. The first-order chi connectivity index (χ1) is 7.57. The summed E-state index contributed by atoms with van der Waals surface area (Å²) >= 11 is 1.95. The summed E-state index contributed by atoms with van der Waals surface area (Å²) in [6.07, 6.45) is 1.83. The van der Waals surface area contributed by atoms with Crippen LogP contribution in [0.2, 0.25) is 0 Å². The van der Waals surface area contributed by atoms with Gasteiger partial charge in [-0.25, -0.2) is 0 Å². The zero-order valence-corrected chi connectivity index (χ0v) is 12.3. The van der Waals surface area contributed by atoms with Crippen LogP contribution >= 0.6 is 24.2 Å². The number of rotatable bonds is 2. The van der Waals surface area contributed by atoms with E-state index in [0.29, 0.717) is 23.8 Å². The van der Waals surface area contributed by atoms with E-state index in [1.807, 2.05) is 16.7 Å². The Morgan fingerprint density at radius 2 is 2.29 bits per heavy atom. The fourth-order valence-electron chi connectivity index (χ4n) is 2.42. The van der Waals surface area contributed by atoms with Crippen LogP contribution in [-0.4, -0.2) is 48.0 Å². The molecule has 17 heavy (non-hydrogen) atoms. The second-order valence-electron chi connectivity index (χ2n) is 5.66. The number of nitrogens with zero attached hydrogens (tertiary/aromatic N) is 1. The number of carbonyl (C=O) groups is 1. The Balaban J connectivity index is 0.00000144. The molecule has 0 bridgehead atoms. The number of halogens is 1. The molecule has 0 saturated carbocycles. The molecular weight excluding hydrogens is 256 g/mol. The van der Waals surface area contributed by atoms with Gasteiger partial charge in [-0.15, -0.1) is 12.4 Å². The third-order valence-electron chi connectivity index (χ3n) is 3.45. The molecule has 3 nitrogen and oxygen atoms in total. The molecular formula is C12H23ClN2OS. The van der Waals surface area contributed by atoms with Gasteiger partial charge in [-0.1, -0.05) is 13.8 Å². The van der Waals surface area contributed by atoms with Crippen LogP contribution in [0, 0.1) is 5.41 Å². The Kier molecular flexibility index (Phi) is 5.61. The molecule has 1 N–H and O–H groups in total. The normalized spacial score (nSPS) is 27.6. The van der Waals surface area contributed by atoms with Gasteiger partial charge in [-0.05, 0) is 11.8 Å². The maximum absolute atomic E-state index is 12.1. The van der Waals surface area contributed by atoms with E-state index in [1.54, 1.807) is 0 Å². The fourth-order valence-corrected chi connectivity index (χ4v) is 3.37.